The molecule has 1 aliphatic rings. The number of carbonyl (C=O) groups is 1. The van der Waals surface area contributed by atoms with Crippen LogP contribution in [0.25, 0.3) is 11.1 Å². The molecule has 0 spiro atoms. The molecule has 1 atom stereocenters. The quantitative estimate of drug-likeness (QED) is 0.768. The number of rotatable bonds is 6. The van der Waals surface area contributed by atoms with Crippen molar-refractivity contribution in [1.82, 2.24) is 5.32 Å². The number of hydrogen-bond acceptors (Lipinski definition) is 4. The summed E-state index contributed by atoms with van der Waals surface area (Å²) in [6, 6.07) is 13.2. The van der Waals surface area contributed by atoms with Gasteiger partial charge in [0, 0.05) is 12.7 Å². The van der Waals surface area contributed by atoms with E-state index in [1.807, 2.05) is 56.3 Å². The van der Waals surface area contributed by atoms with Gasteiger partial charge in [0.25, 0.3) is 0 Å². The summed E-state index contributed by atoms with van der Waals surface area (Å²) in [6.45, 7) is 4.77. The smallest absolute Gasteiger partial charge is 0.405 e. The van der Waals surface area contributed by atoms with Crippen molar-refractivity contribution < 1.29 is 24.1 Å². The minimum Gasteiger partial charge on any atom is -0.491 e. The van der Waals surface area contributed by atoms with Gasteiger partial charge in [-0.05, 0) is 43.2 Å². The van der Waals surface area contributed by atoms with Gasteiger partial charge in [-0.2, -0.15) is 0 Å². The van der Waals surface area contributed by atoms with Gasteiger partial charge in [-0.1, -0.05) is 24.3 Å². The molecule has 0 aromatic heterocycles. The van der Waals surface area contributed by atoms with Crippen molar-refractivity contribution in [3.05, 3.63) is 48.0 Å². The first-order chi connectivity index (χ1) is 12.4. The Morgan fingerprint density at radius 2 is 1.96 bits per heavy atom. The van der Waals surface area contributed by atoms with E-state index in [0.29, 0.717) is 19.0 Å². The molecule has 0 fully saturated rings. The number of ether oxygens (including phenoxy) is 3. The number of fused-ring (bicyclic) bond motifs is 1. The number of hydrogen-bond donors (Lipinski definition) is 2. The van der Waals surface area contributed by atoms with Gasteiger partial charge in [0.05, 0.1) is 6.61 Å². The molecule has 1 heterocycles. The van der Waals surface area contributed by atoms with Gasteiger partial charge in [-0.15, -0.1) is 0 Å². The van der Waals surface area contributed by atoms with Crippen molar-refractivity contribution in [1.29, 1.82) is 0 Å². The molecule has 6 heteroatoms. The van der Waals surface area contributed by atoms with E-state index >= 15 is 0 Å². The standard InChI is InChI=1S/C20H23NO5/c1-20(2)18(21-19(22)23)16-8-7-14(12-17(16)26-20)13-5-4-6-15(11-13)25-10-9-24-3/h4-8,11-12,18,21H,9-10H2,1-3H3,(H,22,23). The summed E-state index contributed by atoms with van der Waals surface area (Å²) in [7, 11) is 1.64. The Bertz CT molecular complexity index is 803. The minimum atomic E-state index is -1.07. The van der Waals surface area contributed by atoms with Crippen LogP contribution in [0.15, 0.2) is 42.5 Å². The summed E-state index contributed by atoms with van der Waals surface area (Å²) in [5.74, 6) is 1.46. The predicted octanol–water partition coefficient (Wildman–Crippen LogP) is 3.86. The van der Waals surface area contributed by atoms with E-state index < -0.39 is 17.7 Å². The Balaban J connectivity index is 1.86. The van der Waals surface area contributed by atoms with E-state index in [2.05, 4.69) is 5.32 Å². The Morgan fingerprint density at radius 1 is 1.19 bits per heavy atom. The van der Waals surface area contributed by atoms with Crippen LogP contribution in [0, 0.1) is 0 Å². The van der Waals surface area contributed by atoms with Crippen LogP contribution in [0.4, 0.5) is 4.79 Å². The molecule has 1 unspecified atom stereocenters. The molecule has 1 aliphatic heterocycles. The van der Waals surface area contributed by atoms with Crippen LogP contribution in [0.3, 0.4) is 0 Å². The molecule has 2 N–H and O–H groups in total. The van der Waals surface area contributed by atoms with Crippen molar-refractivity contribution in [2.24, 2.45) is 0 Å². The summed E-state index contributed by atoms with van der Waals surface area (Å²) in [5, 5.41) is 11.6. The predicted molar refractivity (Wildman–Crippen MR) is 97.9 cm³/mol. The summed E-state index contributed by atoms with van der Waals surface area (Å²) in [4.78, 5) is 11.1. The second kappa shape index (κ2) is 7.25. The molecular weight excluding hydrogens is 334 g/mol. The number of nitrogens with one attached hydrogen (secondary N) is 1. The third kappa shape index (κ3) is 3.75. The fourth-order valence-electron chi connectivity index (χ4n) is 3.14. The first-order valence-electron chi connectivity index (χ1n) is 8.45. The summed E-state index contributed by atoms with van der Waals surface area (Å²) >= 11 is 0. The molecule has 1 amide bonds. The normalized spacial score (nSPS) is 17.3. The average molecular weight is 357 g/mol. The van der Waals surface area contributed by atoms with Crippen LogP contribution < -0.4 is 14.8 Å². The topological polar surface area (TPSA) is 77.0 Å². The average Bonchev–Trinajstić information content (AvgIpc) is 2.84. The molecule has 0 aliphatic carbocycles. The van der Waals surface area contributed by atoms with E-state index in [0.717, 1.165) is 22.4 Å². The number of benzene rings is 2. The van der Waals surface area contributed by atoms with Gasteiger partial charge in [0.15, 0.2) is 0 Å². The minimum absolute atomic E-state index is 0.409. The molecule has 0 bridgehead atoms. The summed E-state index contributed by atoms with van der Waals surface area (Å²) in [6.07, 6.45) is -1.07. The second-order valence-electron chi connectivity index (χ2n) is 6.71. The maximum Gasteiger partial charge on any atom is 0.405 e. The van der Waals surface area contributed by atoms with Gasteiger partial charge >= 0.3 is 6.09 Å². The lowest BCUT2D eigenvalue weighted by atomic mass is 9.93. The Kier molecular flexibility index (Phi) is 5.04. The van der Waals surface area contributed by atoms with Gasteiger partial charge in [-0.3, -0.25) is 0 Å². The maximum atomic E-state index is 11.1. The largest absolute Gasteiger partial charge is 0.491 e. The van der Waals surface area contributed by atoms with E-state index in [-0.39, 0.29) is 0 Å². The molecule has 26 heavy (non-hydrogen) atoms. The molecule has 0 radical (unpaired) electrons. The number of carboxylic acid groups (broad SMARTS) is 1. The van der Waals surface area contributed by atoms with Crippen molar-refractivity contribution in [3.63, 3.8) is 0 Å². The molecule has 0 saturated heterocycles. The lowest BCUT2D eigenvalue weighted by Gasteiger charge is -2.25. The molecule has 0 saturated carbocycles. The zero-order chi connectivity index (χ0) is 18.7. The Morgan fingerprint density at radius 3 is 2.69 bits per heavy atom. The van der Waals surface area contributed by atoms with Crippen LogP contribution >= 0.6 is 0 Å². The monoisotopic (exact) mass is 357 g/mol. The van der Waals surface area contributed by atoms with Crippen molar-refractivity contribution in [2.75, 3.05) is 20.3 Å². The van der Waals surface area contributed by atoms with Crippen LogP contribution in [0.2, 0.25) is 0 Å². The molecule has 138 valence electrons. The van der Waals surface area contributed by atoms with Gasteiger partial charge < -0.3 is 24.6 Å². The Labute approximate surface area is 152 Å². The van der Waals surface area contributed by atoms with Crippen LogP contribution in [-0.4, -0.2) is 37.1 Å². The molecule has 6 nitrogen and oxygen atoms in total. The summed E-state index contributed by atoms with van der Waals surface area (Å²) < 4.78 is 16.7. The van der Waals surface area contributed by atoms with Crippen LogP contribution in [0.5, 0.6) is 11.5 Å². The molecule has 2 aromatic rings. The Hall–Kier alpha value is -2.73. The lowest BCUT2D eigenvalue weighted by molar-refractivity contribution is 0.0933. The zero-order valence-electron chi connectivity index (χ0n) is 15.1. The van der Waals surface area contributed by atoms with Gasteiger partial charge in [0.1, 0.15) is 29.7 Å². The third-order valence-corrected chi connectivity index (χ3v) is 4.38. The lowest BCUT2D eigenvalue weighted by Crippen LogP contribution is -2.41. The highest BCUT2D eigenvalue weighted by Gasteiger charge is 2.42. The van der Waals surface area contributed by atoms with E-state index in [9.17, 15) is 4.79 Å². The van der Waals surface area contributed by atoms with Crippen molar-refractivity contribution >= 4 is 6.09 Å². The highest BCUT2D eigenvalue weighted by atomic mass is 16.5. The zero-order valence-corrected chi connectivity index (χ0v) is 15.1. The van der Waals surface area contributed by atoms with Crippen molar-refractivity contribution in [3.8, 4) is 22.6 Å². The maximum absolute atomic E-state index is 11.1. The first kappa shape index (κ1) is 18.1. The fourth-order valence-corrected chi connectivity index (χ4v) is 3.14. The van der Waals surface area contributed by atoms with Crippen LogP contribution in [0.1, 0.15) is 25.5 Å². The highest BCUT2D eigenvalue weighted by Crippen LogP contribution is 2.44. The number of methoxy groups -OCH3 is 1. The first-order valence-corrected chi connectivity index (χ1v) is 8.45. The van der Waals surface area contributed by atoms with E-state index in [4.69, 9.17) is 19.3 Å². The molecule has 2 aromatic carbocycles. The van der Waals surface area contributed by atoms with Gasteiger partial charge in [-0.25, -0.2) is 4.79 Å². The molecular formula is C20H23NO5. The fraction of sp³-hybridized carbons (Fsp3) is 0.350. The van der Waals surface area contributed by atoms with Gasteiger partial charge in [0.2, 0.25) is 0 Å². The van der Waals surface area contributed by atoms with Crippen molar-refractivity contribution in [2.45, 2.75) is 25.5 Å². The highest BCUT2D eigenvalue weighted by molar-refractivity contribution is 5.70. The third-order valence-electron chi connectivity index (χ3n) is 4.38. The number of amides is 1. The molecule has 3 rings (SSSR count). The SMILES string of the molecule is COCCOc1cccc(-c2ccc3c(c2)OC(C)(C)C3NC(=O)O)c1. The van der Waals surface area contributed by atoms with E-state index in [1.165, 1.54) is 0 Å². The summed E-state index contributed by atoms with van der Waals surface area (Å²) in [5.41, 5.74) is 2.17. The second-order valence-corrected chi connectivity index (χ2v) is 6.71. The van der Waals surface area contributed by atoms with E-state index in [1.54, 1.807) is 7.11 Å². The van der Waals surface area contributed by atoms with Crippen LogP contribution in [-0.2, 0) is 4.74 Å².